The highest BCUT2D eigenvalue weighted by Crippen LogP contribution is 2.21. The van der Waals surface area contributed by atoms with Crippen molar-refractivity contribution in [3.05, 3.63) is 36.3 Å². The van der Waals surface area contributed by atoms with Crippen molar-refractivity contribution >= 4 is 11.7 Å². The largest absolute Gasteiger partial charge is 0.347 e. The zero-order valence-electron chi connectivity index (χ0n) is 14.3. The first kappa shape index (κ1) is 16.4. The molecule has 1 saturated heterocycles. The Morgan fingerprint density at radius 1 is 1.25 bits per heavy atom. The van der Waals surface area contributed by atoms with E-state index in [1.165, 1.54) is 0 Å². The van der Waals surface area contributed by atoms with Gasteiger partial charge in [-0.2, -0.15) is 0 Å². The van der Waals surface area contributed by atoms with Crippen LogP contribution in [0.3, 0.4) is 0 Å². The van der Waals surface area contributed by atoms with E-state index in [-0.39, 0.29) is 5.91 Å². The van der Waals surface area contributed by atoms with Gasteiger partial charge in [-0.15, -0.1) is 0 Å². The fourth-order valence-electron chi connectivity index (χ4n) is 2.96. The molecular formula is C18H23N5O. The standard InChI is InChI=1S/C18H23N5O/c1-3-8-22-9-5-10-23(13-17(22)24)16-11-14(2)20-18(21-16)15-6-4-7-19-12-15/h4,6-7,11-12H,3,5,8-10,13H2,1-2H3. The highest BCUT2D eigenvalue weighted by Gasteiger charge is 2.22. The van der Waals surface area contributed by atoms with E-state index in [2.05, 4.69) is 26.8 Å². The molecular weight excluding hydrogens is 302 g/mol. The summed E-state index contributed by atoms with van der Waals surface area (Å²) in [5.74, 6) is 1.64. The zero-order valence-corrected chi connectivity index (χ0v) is 14.3. The molecule has 2 aromatic heterocycles. The number of aryl methyl sites for hydroxylation is 1. The normalized spacial score (nSPS) is 15.5. The van der Waals surface area contributed by atoms with Crippen molar-refractivity contribution in [2.45, 2.75) is 26.7 Å². The van der Waals surface area contributed by atoms with Gasteiger partial charge in [0.15, 0.2) is 5.82 Å². The third kappa shape index (κ3) is 3.69. The summed E-state index contributed by atoms with van der Waals surface area (Å²) in [6.45, 7) is 6.91. The second kappa shape index (κ2) is 7.38. The highest BCUT2D eigenvalue weighted by atomic mass is 16.2. The second-order valence-electron chi connectivity index (χ2n) is 6.09. The minimum absolute atomic E-state index is 0.175. The molecule has 0 atom stereocenters. The van der Waals surface area contributed by atoms with Gasteiger partial charge >= 0.3 is 0 Å². The van der Waals surface area contributed by atoms with Crippen LogP contribution in [0.5, 0.6) is 0 Å². The Morgan fingerprint density at radius 2 is 2.12 bits per heavy atom. The molecule has 0 aliphatic carbocycles. The summed E-state index contributed by atoms with van der Waals surface area (Å²) in [5, 5.41) is 0. The maximum Gasteiger partial charge on any atom is 0.242 e. The molecule has 0 spiro atoms. The number of amides is 1. The summed E-state index contributed by atoms with van der Waals surface area (Å²) < 4.78 is 0. The Balaban J connectivity index is 1.86. The number of anilines is 1. The van der Waals surface area contributed by atoms with Crippen molar-refractivity contribution in [2.75, 3.05) is 31.1 Å². The first-order valence-corrected chi connectivity index (χ1v) is 8.46. The van der Waals surface area contributed by atoms with Crippen molar-refractivity contribution < 1.29 is 4.79 Å². The number of hydrogen-bond acceptors (Lipinski definition) is 5. The van der Waals surface area contributed by atoms with Crippen molar-refractivity contribution in [3.63, 3.8) is 0 Å². The SMILES string of the molecule is CCCN1CCCN(c2cc(C)nc(-c3cccnc3)n2)CC1=O. The minimum Gasteiger partial charge on any atom is -0.347 e. The number of hydrogen-bond donors (Lipinski definition) is 0. The lowest BCUT2D eigenvalue weighted by atomic mass is 10.2. The topological polar surface area (TPSA) is 62.2 Å². The van der Waals surface area contributed by atoms with Gasteiger partial charge in [0, 0.05) is 49.4 Å². The molecule has 0 N–H and O–H groups in total. The Labute approximate surface area is 142 Å². The molecule has 1 fully saturated rings. The molecule has 3 heterocycles. The van der Waals surface area contributed by atoms with E-state index in [0.29, 0.717) is 12.4 Å². The van der Waals surface area contributed by atoms with E-state index in [1.54, 1.807) is 12.4 Å². The van der Waals surface area contributed by atoms with Gasteiger partial charge in [-0.05, 0) is 31.9 Å². The molecule has 6 nitrogen and oxygen atoms in total. The van der Waals surface area contributed by atoms with E-state index in [1.807, 2.05) is 30.0 Å². The Kier molecular flexibility index (Phi) is 5.03. The van der Waals surface area contributed by atoms with E-state index in [4.69, 9.17) is 0 Å². The smallest absolute Gasteiger partial charge is 0.242 e. The quantitative estimate of drug-likeness (QED) is 0.863. The van der Waals surface area contributed by atoms with Gasteiger partial charge in [0.1, 0.15) is 5.82 Å². The summed E-state index contributed by atoms with van der Waals surface area (Å²) >= 11 is 0. The summed E-state index contributed by atoms with van der Waals surface area (Å²) in [6, 6.07) is 5.77. The van der Waals surface area contributed by atoms with Gasteiger partial charge in [-0.25, -0.2) is 9.97 Å². The predicted octanol–water partition coefficient (Wildman–Crippen LogP) is 2.30. The van der Waals surface area contributed by atoms with Crippen LogP contribution in [0.4, 0.5) is 5.82 Å². The van der Waals surface area contributed by atoms with E-state index in [0.717, 1.165) is 49.6 Å². The van der Waals surface area contributed by atoms with Crippen LogP contribution in [0.1, 0.15) is 25.5 Å². The molecule has 0 aromatic carbocycles. The van der Waals surface area contributed by atoms with E-state index < -0.39 is 0 Å². The molecule has 126 valence electrons. The monoisotopic (exact) mass is 325 g/mol. The van der Waals surface area contributed by atoms with Gasteiger partial charge in [0.05, 0.1) is 6.54 Å². The summed E-state index contributed by atoms with van der Waals surface area (Å²) in [4.78, 5) is 29.8. The Morgan fingerprint density at radius 3 is 2.88 bits per heavy atom. The van der Waals surface area contributed by atoms with Crippen LogP contribution in [0, 0.1) is 6.92 Å². The average molecular weight is 325 g/mol. The van der Waals surface area contributed by atoms with Gasteiger partial charge in [0.2, 0.25) is 5.91 Å². The third-order valence-corrected chi connectivity index (χ3v) is 4.11. The number of rotatable bonds is 4. The molecule has 1 aliphatic heterocycles. The van der Waals surface area contributed by atoms with Gasteiger partial charge in [0.25, 0.3) is 0 Å². The Bertz CT molecular complexity index is 704. The molecule has 2 aromatic rings. The number of nitrogens with zero attached hydrogens (tertiary/aromatic N) is 5. The lowest BCUT2D eigenvalue weighted by molar-refractivity contribution is -0.129. The number of pyridine rings is 1. The maximum absolute atomic E-state index is 12.5. The van der Waals surface area contributed by atoms with Crippen molar-refractivity contribution in [1.29, 1.82) is 0 Å². The van der Waals surface area contributed by atoms with Gasteiger partial charge in [-0.1, -0.05) is 6.92 Å². The molecule has 0 saturated carbocycles. The zero-order chi connectivity index (χ0) is 16.9. The third-order valence-electron chi connectivity index (χ3n) is 4.11. The van der Waals surface area contributed by atoms with Crippen molar-refractivity contribution in [2.24, 2.45) is 0 Å². The lowest BCUT2D eigenvalue weighted by Gasteiger charge is -2.22. The fourth-order valence-corrected chi connectivity index (χ4v) is 2.96. The van der Waals surface area contributed by atoms with Crippen LogP contribution in [0.2, 0.25) is 0 Å². The van der Waals surface area contributed by atoms with Crippen molar-refractivity contribution in [1.82, 2.24) is 19.9 Å². The first-order chi connectivity index (χ1) is 11.7. The summed E-state index contributed by atoms with van der Waals surface area (Å²) in [5.41, 5.74) is 1.78. The van der Waals surface area contributed by atoms with E-state index >= 15 is 0 Å². The van der Waals surface area contributed by atoms with Crippen LogP contribution in [-0.2, 0) is 4.79 Å². The molecule has 24 heavy (non-hydrogen) atoms. The van der Waals surface area contributed by atoms with Crippen LogP contribution in [0.25, 0.3) is 11.4 Å². The molecule has 6 heteroatoms. The molecule has 3 rings (SSSR count). The molecule has 0 bridgehead atoms. The maximum atomic E-state index is 12.5. The average Bonchev–Trinajstić information content (AvgIpc) is 2.78. The number of aromatic nitrogens is 3. The molecule has 0 radical (unpaired) electrons. The van der Waals surface area contributed by atoms with Crippen LogP contribution in [-0.4, -0.2) is 51.9 Å². The predicted molar refractivity (Wildman–Crippen MR) is 93.7 cm³/mol. The van der Waals surface area contributed by atoms with Crippen LogP contribution >= 0.6 is 0 Å². The fraction of sp³-hybridized carbons (Fsp3) is 0.444. The van der Waals surface area contributed by atoms with Gasteiger partial charge in [-0.3, -0.25) is 9.78 Å². The Hall–Kier alpha value is -2.50. The van der Waals surface area contributed by atoms with Crippen LogP contribution in [0.15, 0.2) is 30.6 Å². The minimum atomic E-state index is 0.175. The number of carbonyl (C=O) groups is 1. The molecule has 1 amide bonds. The van der Waals surface area contributed by atoms with Crippen LogP contribution < -0.4 is 4.90 Å². The number of carbonyl (C=O) groups excluding carboxylic acids is 1. The molecule has 1 aliphatic rings. The van der Waals surface area contributed by atoms with E-state index in [9.17, 15) is 4.79 Å². The van der Waals surface area contributed by atoms with Crippen molar-refractivity contribution in [3.8, 4) is 11.4 Å². The first-order valence-electron chi connectivity index (χ1n) is 8.46. The lowest BCUT2D eigenvalue weighted by Crippen LogP contribution is -2.37. The second-order valence-corrected chi connectivity index (χ2v) is 6.09. The van der Waals surface area contributed by atoms with Gasteiger partial charge < -0.3 is 9.80 Å². The molecule has 0 unspecified atom stereocenters. The highest BCUT2D eigenvalue weighted by molar-refractivity contribution is 5.81. The summed E-state index contributed by atoms with van der Waals surface area (Å²) in [7, 11) is 0. The summed E-state index contributed by atoms with van der Waals surface area (Å²) in [6.07, 6.45) is 5.44.